The third kappa shape index (κ3) is 3.31. The molecule has 0 bridgehead atoms. The molecule has 21 heavy (non-hydrogen) atoms. The van der Waals surface area contributed by atoms with Crippen molar-refractivity contribution in [3.05, 3.63) is 53.7 Å². The SMILES string of the molecule is O=C(O)c1ccc(S(=O)(=O)Nc2cccc(F)n2)c(F)c1. The summed E-state index contributed by atoms with van der Waals surface area (Å²) in [5.41, 5.74) is -0.393. The predicted molar refractivity (Wildman–Crippen MR) is 68.4 cm³/mol. The van der Waals surface area contributed by atoms with Crippen LogP contribution in [0.25, 0.3) is 0 Å². The molecule has 0 unspecified atom stereocenters. The minimum atomic E-state index is -4.35. The number of sulfonamides is 1. The Kier molecular flexibility index (Phi) is 3.85. The number of benzene rings is 1. The fourth-order valence-corrected chi connectivity index (χ4v) is 2.57. The highest BCUT2D eigenvalue weighted by Crippen LogP contribution is 2.19. The minimum Gasteiger partial charge on any atom is -0.478 e. The number of nitrogens with zero attached hydrogens (tertiary/aromatic N) is 1. The van der Waals surface area contributed by atoms with Crippen molar-refractivity contribution < 1.29 is 27.1 Å². The van der Waals surface area contributed by atoms with Crippen molar-refractivity contribution in [3.63, 3.8) is 0 Å². The van der Waals surface area contributed by atoms with Crippen molar-refractivity contribution in [3.8, 4) is 0 Å². The lowest BCUT2D eigenvalue weighted by Crippen LogP contribution is -2.16. The van der Waals surface area contributed by atoms with Crippen molar-refractivity contribution in [2.45, 2.75) is 4.90 Å². The van der Waals surface area contributed by atoms with Crippen LogP contribution >= 0.6 is 0 Å². The van der Waals surface area contributed by atoms with Gasteiger partial charge in [-0.15, -0.1) is 0 Å². The zero-order chi connectivity index (χ0) is 15.6. The third-order valence-corrected chi connectivity index (χ3v) is 3.81. The molecule has 0 fully saturated rings. The summed E-state index contributed by atoms with van der Waals surface area (Å²) in [5.74, 6) is -3.86. The second kappa shape index (κ2) is 5.44. The van der Waals surface area contributed by atoms with Crippen LogP contribution in [0.2, 0.25) is 0 Å². The molecule has 0 atom stereocenters. The number of carboxylic acids is 1. The Labute approximate surface area is 118 Å². The van der Waals surface area contributed by atoms with Crippen LogP contribution in [0.3, 0.4) is 0 Å². The normalized spacial score (nSPS) is 11.1. The van der Waals surface area contributed by atoms with Crippen molar-refractivity contribution in [2.24, 2.45) is 0 Å². The first kappa shape index (κ1) is 14.9. The van der Waals surface area contributed by atoms with Gasteiger partial charge in [-0.3, -0.25) is 4.72 Å². The number of carbonyl (C=O) groups is 1. The van der Waals surface area contributed by atoms with Crippen molar-refractivity contribution in [1.82, 2.24) is 4.98 Å². The van der Waals surface area contributed by atoms with E-state index in [1.165, 1.54) is 12.1 Å². The molecule has 0 spiro atoms. The maximum atomic E-state index is 13.7. The van der Waals surface area contributed by atoms with E-state index >= 15 is 0 Å². The summed E-state index contributed by atoms with van der Waals surface area (Å²) in [5, 5.41) is 8.69. The molecule has 1 heterocycles. The highest BCUT2D eigenvalue weighted by Gasteiger charge is 2.21. The largest absolute Gasteiger partial charge is 0.478 e. The van der Waals surface area contributed by atoms with E-state index in [0.717, 1.165) is 18.2 Å². The van der Waals surface area contributed by atoms with Crippen molar-refractivity contribution >= 4 is 21.8 Å². The van der Waals surface area contributed by atoms with Crippen LogP contribution < -0.4 is 4.72 Å². The van der Waals surface area contributed by atoms with E-state index in [9.17, 15) is 22.0 Å². The Morgan fingerprint density at radius 1 is 1.19 bits per heavy atom. The number of pyridine rings is 1. The Hall–Kier alpha value is -2.55. The summed E-state index contributed by atoms with van der Waals surface area (Å²) in [4.78, 5) is 13.2. The monoisotopic (exact) mass is 314 g/mol. The van der Waals surface area contributed by atoms with E-state index in [4.69, 9.17) is 5.11 Å². The number of hydrogen-bond donors (Lipinski definition) is 2. The number of anilines is 1. The molecule has 2 aromatic rings. The first-order valence-electron chi connectivity index (χ1n) is 5.48. The van der Waals surface area contributed by atoms with Gasteiger partial charge >= 0.3 is 5.97 Å². The number of aromatic carboxylic acids is 1. The summed E-state index contributed by atoms with van der Waals surface area (Å²) < 4.78 is 52.4. The average molecular weight is 314 g/mol. The molecule has 0 amide bonds. The molecular weight excluding hydrogens is 306 g/mol. The lowest BCUT2D eigenvalue weighted by atomic mass is 10.2. The first-order chi connectivity index (χ1) is 9.79. The topological polar surface area (TPSA) is 96.4 Å². The fourth-order valence-electron chi connectivity index (χ4n) is 1.51. The van der Waals surface area contributed by atoms with Gasteiger partial charge in [-0.1, -0.05) is 6.07 Å². The molecule has 2 rings (SSSR count). The average Bonchev–Trinajstić information content (AvgIpc) is 2.37. The molecule has 9 heteroatoms. The molecule has 0 radical (unpaired) electrons. The standard InChI is InChI=1S/C12H8F2N2O4S/c13-8-6-7(12(17)18)4-5-9(8)21(19,20)16-11-3-1-2-10(14)15-11/h1-6H,(H,15,16)(H,17,18). The quantitative estimate of drug-likeness (QED) is 0.840. The van der Waals surface area contributed by atoms with Gasteiger partial charge in [0, 0.05) is 0 Å². The summed E-state index contributed by atoms with van der Waals surface area (Å²) in [6, 6.07) is 5.75. The Bertz CT molecular complexity index is 809. The van der Waals surface area contributed by atoms with Crippen LogP contribution in [0, 0.1) is 11.8 Å². The van der Waals surface area contributed by atoms with Gasteiger partial charge in [0.25, 0.3) is 10.0 Å². The molecule has 0 aliphatic rings. The zero-order valence-electron chi connectivity index (χ0n) is 10.2. The van der Waals surface area contributed by atoms with E-state index in [1.807, 2.05) is 4.72 Å². The zero-order valence-corrected chi connectivity index (χ0v) is 11.1. The first-order valence-corrected chi connectivity index (χ1v) is 6.96. The number of carboxylic acid groups (broad SMARTS) is 1. The summed E-state index contributed by atoms with van der Waals surface area (Å²) in [6.45, 7) is 0. The van der Waals surface area contributed by atoms with Crippen LogP contribution in [0.15, 0.2) is 41.3 Å². The molecule has 2 N–H and O–H groups in total. The maximum Gasteiger partial charge on any atom is 0.335 e. The second-order valence-corrected chi connectivity index (χ2v) is 5.55. The number of hydrogen-bond acceptors (Lipinski definition) is 4. The molecule has 0 aliphatic heterocycles. The summed E-state index contributed by atoms with van der Waals surface area (Å²) in [7, 11) is -4.35. The molecule has 0 saturated carbocycles. The number of halogens is 2. The van der Waals surface area contributed by atoms with E-state index < -0.39 is 38.2 Å². The molecule has 1 aromatic heterocycles. The fraction of sp³-hybridized carbons (Fsp3) is 0. The molecule has 0 aliphatic carbocycles. The molecule has 6 nitrogen and oxygen atoms in total. The van der Waals surface area contributed by atoms with Crippen LogP contribution in [0.5, 0.6) is 0 Å². The minimum absolute atomic E-state index is 0.322. The van der Waals surface area contributed by atoms with E-state index in [0.29, 0.717) is 6.07 Å². The number of rotatable bonds is 4. The van der Waals surface area contributed by atoms with Gasteiger partial charge in [-0.2, -0.15) is 4.39 Å². The van der Waals surface area contributed by atoms with Gasteiger partial charge in [-0.05, 0) is 30.3 Å². The van der Waals surface area contributed by atoms with Gasteiger partial charge in [0.2, 0.25) is 5.95 Å². The van der Waals surface area contributed by atoms with Gasteiger partial charge in [-0.25, -0.2) is 22.6 Å². The lowest BCUT2D eigenvalue weighted by molar-refractivity contribution is 0.0696. The Balaban J connectivity index is 2.38. The van der Waals surface area contributed by atoms with Gasteiger partial charge in [0.15, 0.2) is 0 Å². The number of nitrogens with one attached hydrogen (secondary N) is 1. The molecule has 0 saturated heterocycles. The van der Waals surface area contributed by atoms with Crippen LogP contribution in [-0.4, -0.2) is 24.5 Å². The summed E-state index contributed by atoms with van der Waals surface area (Å²) in [6.07, 6.45) is 0. The Morgan fingerprint density at radius 3 is 2.48 bits per heavy atom. The van der Waals surface area contributed by atoms with Crippen LogP contribution in [0.4, 0.5) is 14.6 Å². The smallest absolute Gasteiger partial charge is 0.335 e. The number of aromatic nitrogens is 1. The van der Waals surface area contributed by atoms with Crippen molar-refractivity contribution in [1.29, 1.82) is 0 Å². The Morgan fingerprint density at radius 2 is 1.90 bits per heavy atom. The van der Waals surface area contributed by atoms with Gasteiger partial charge in [0.05, 0.1) is 5.56 Å². The molecule has 1 aromatic carbocycles. The van der Waals surface area contributed by atoms with E-state index in [1.54, 1.807) is 0 Å². The second-order valence-electron chi connectivity index (χ2n) is 3.90. The van der Waals surface area contributed by atoms with Crippen LogP contribution in [0.1, 0.15) is 10.4 Å². The van der Waals surface area contributed by atoms with E-state index in [2.05, 4.69) is 4.98 Å². The third-order valence-electron chi connectivity index (χ3n) is 2.42. The summed E-state index contributed by atoms with van der Waals surface area (Å²) >= 11 is 0. The van der Waals surface area contributed by atoms with Gasteiger partial charge < -0.3 is 5.11 Å². The lowest BCUT2D eigenvalue weighted by Gasteiger charge is -2.08. The van der Waals surface area contributed by atoms with Gasteiger partial charge in [0.1, 0.15) is 16.5 Å². The van der Waals surface area contributed by atoms with Crippen molar-refractivity contribution in [2.75, 3.05) is 4.72 Å². The van der Waals surface area contributed by atoms with E-state index in [-0.39, 0.29) is 5.82 Å². The molecule has 110 valence electrons. The predicted octanol–water partition coefficient (Wildman–Crippen LogP) is 1.86. The molecular formula is C12H8F2N2O4S. The highest BCUT2D eigenvalue weighted by atomic mass is 32.2. The van der Waals surface area contributed by atoms with Crippen LogP contribution in [-0.2, 0) is 10.0 Å². The highest BCUT2D eigenvalue weighted by molar-refractivity contribution is 7.92. The maximum absolute atomic E-state index is 13.7.